The van der Waals surface area contributed by atoms with Gasteiger partial charge in [-0.05, 0) is 39.3 Å². The quantitative estimate of drug-likeness (QED) is 0.812. The second-order valence-electron chi connectivity index (χ2n) is 5.41. The monoisotopic (exact) mass is 251 g/mol. The van der Waals surface area contributed by atoms with Crippen LogP contribution in [0.1, 0.15) is 46.0 Å². The van der Waals surface area contributed by atoms with Gasteiger partial charge in [0.05, 0.1) is 17.9 Å². The minimum atomic E-state index is -0.196. The van der Waals surface area contributed by atoms with E-state index >= 15 is 0 Å². The van der Waals surface area contributed by atoms with Gasteiger partial charge in [0.1, 0.15) is 0 Å². The molecule has 102 valence electrons. The molecule has 1 heterocycles. The first-order valence-electron chi connectivity index (χ1n) is 6.92. The van der Waals surface area contributed by atoms with Crippen molar-refractivity contribution in [2.75, 3.05) is 20.1 Å². The Bertz CT molecular complexity index is 310. The molecule has 1 saturated heterocycles. The van der Waals surface area contributed by atoms with Gasteiger partial charge < -0.3 is 10.2 Å². The SMILES string of the molecule is CCCC1(C(=O)N(C)C(C)CC#N)CCNCC1. The minimum absolute atomic E-state index is 0.00566. The maximum atomic E-state index is 12.7. The number of hydrogen-bond acceptors (Lipinski definition) is 3. The van der Waals surface area contributed by atoms with Crippen molar-refractivity contribution < 1.29 is 4.79 Å². The summed E-state index contributed by atoms with van der Waals surface area (Å²) in [7, 11) is 1.84. The van der Waals surface area contributed by atoms with E-state index in [1.54, 1.807) is 4.90 Å². The number of hydrogen-bond donors (Lipinski definition) is 1. The number of nitrogens with zero attached hydrogens (tertiary/aromatic N) is 2. The molecule has 4 heteroatoms. The molecule has 0 saturated carbocycles. The Morgan fingerprint density at radius 1 is 1.50 bits per heavy atom. The molecule has 0 bridgehead atoms. The van der Waals surface area contributed by atoms with Crippen LogP contribution >= 0.6 is 0 Å². The average Bonchev–Trinajstić information content (AvgIpc) is 2.38. The molecule has 1 aliphatic rings. The Labute approximate surface area is 110 Å². The second kappa shape index (κ2) is 6.75. The number of carbonyl (C=O) groups is 1. The fourth-order valence-electron chi connectivity index (χ4n) is 2.80. The smallest absolute Gasteiger partial charge is 0.228 e. The van der Waals surface area contributed by atoms with Gasteiger partial charge in [-0.3, -0.25) is 4.79 Å². The van der Waals surface area contributed by atoms with Gasteiger partial charge in [-0.15, -0.1) is 0 Å². The van der Waals surface area contributed by atoms with Gasteiger partial charge >= 0.3 is 0 Å². The third kappa shape index (κ3) is 3.23. The van der Waals surface area contributed by atoms with Crippen LogP contribution in [0.3, 0.4) is 0 Å². The molecule has 0 spiro atoms. The van der Waals surface area contributed by atoms with E-state index in [0.717, 1.165) is 38.8 Å². The lowest BCUT2D eigenvalue weighted by molar-refractivity contribution is -0.144. The average molecular weight is 251 g/mol. The van der Waals surface area contributed by atoms with E-state index in [9.17, 15) is 4.79 Å². The summed E-state index contributed by atoms with van der Waals surface area (Å²) in [6, 6.07) is 2.15. The van der Waals surface area contributed by atoms with Crippen molar-refractivity contribution in [3.8, 4) is 6.07 Å². The Morgan fingerprint density at radius 3 is 2.61 bits per heavy atom. The van der Waals surface area contributed by atoms with E-state index in [0.29, 0.717) is 6.42 Å². The Balaban J connectivity index is 2.79. The van der Waals surface area contributed by atoms with E-state index < -0.39 is 0 Å². The number of piperidine rings is 1. The molecule has 0 radical (unpaired) electrons. The fraction of sp³-hybridized carbons (Fsp3) is 0.857. The molecule has 0 aliphatic carbocycles. The molecule has 0 aromatic heterocycles. The normalized spacial score (nSPS) is 19.9. The zero-order valence-corrected chi connectivity index (χ0v) is 11.8. The fourth-order valence-corrected chi connectivity index (χ4v) is 2.80. The standard InChI is InChI=1S/C14H25N3O/c1-4-6-14(7-10-16-11-8-14)13(18)17(3)12(2)5-9-15/h12,16H,4-8,10-11H2,1-3H3. The van der Waals surface area contributed by atoms with E-state index in [1.807, 2.05) is 14.0 Å². The van der Waals surface area contributed by atoms with Crippen LogP contribution in [-0.2, 0) is 4.79 Å². The Kier molecular flexibility index (Phi) is 5.61. The highest BCUT2D eigenvalue weighted by Gasteiger charge is 2.41. The van der Waals surface area contributed by atoms with Gasteiger partial charge in [-0.25, -0.2) is 0 Å². The van der Waals surface area contributed by atoms with Gasteiger partial charge in [0, 0.05) is 13.1 Å². The Hall–Kier alpha value is -1.08. The highest BCUT2D eigenvalue weighted by molar-refractivity contribution is 5.83. The van der Waals surface area contributed by atoms with E-state index in [4.69, 9.17) is 5.26 Å². The first-order chi connectivity index (χ1) is 8.57. The van der Waals surface area contributed by atoms with Crippen LogP contribution in [0, 0.1) is 16.7 Å². The zero-order chi connectivity index (χ0) is 13.6. The molecule has 1 unspecified atom stereocenters. The summed E-state index contributed by atoms with van der Waals surface area (Å²) in [5.74, 6) is 0.230. The van der Waals surface area contributed by atoms with Crippen LogP contribution in [0.4, 0.5) is 0 Å². The number of nitrogens with one attached hydrogen (secondary N) is 1. The predicted octanol–water partition coefficient (Wildman–Crippen LogP) is 1.92. The molecule has 1 aliphatic heterocycles. The van der Waals surface area contributed by atoms with Gasteiger partial charge in [0.25, 0.3) is 0 Å². The number of amides is 1. The molecule has 1 fully saturated rings. The number of rotatable bonds is 5. The lowest BCUT2D eigenvalue weighted by atomic mass is 9.74. The predicted molar refractivity (Wildman–Crippen MR) is 71.9 cm³/mol. The van der Waals surface area contributed by atoms with Crippen molar-refractivity contribution >= 4 is 5.91 Å². The maximum absolute atomic E-state index is 12.7. The zero-order valence-electron chi connectivity index (χ0n) is 11.8. The summed E-state index contributed by atoms with van der Waals surface area (Å²) in [4.78, 5) is 14.5. The van der Waals surface area contributed by atoms with Crippen molar-refractivity contribution in [1.29, 1.82) is 5.26 Å². The molecule has 4 nitrogen and oxygen atoms in total. The number of nitriles is 1. The molecule has 18 heavy (non-hydrogen) atoms. The first kappa shape index (κ1) is 15.0. The highest BCUT2D eigenvalue weighted by atomic mass is 16.2. The second-order valence-corrected chi connectivity index (χ2v) is 5.41. The maximum Gasteiger partial charge on any atom is 0.228 e. The summed E-state index contributed by atoms with van der Waals surface area (Å²) in [5.41, 5.74) is -0.196. The van der Waals surface area contributed by atoms with Crippen molar-refractivity contribution in [2.24, 2.45) is 5.41 Å². The van der Waals surface area contributed by atoms with Crippen molar-refractivity contribution in [1.82, 2.24) is 10.2 Å². The Morgan fingerprint density at radius 2 is 2.11 bits per heavy atom. The molecule has 0 aromatic rings. The molecule has 1 amide bonds. The van der Waals surface area contributed by atoms with E-state index in [-0.39, 0.29) is 17.4 Å². The van der Waals surface area contributed by atoms with Gasteiger partial charge in [-0.1, -0.05) is 13.3 Å². The molecular formula is C14H25N3O. The molecule has 1 atom stereocenters. The summed E-state index contributed by atoms with van der Waals surface area (Å²) >= 11 is 0. The lowest BCUT2D eigenvalue weighted by Crippen LogP contribution is -2.50. The van der Waals surface area contributed by atoms with Gasteiger partial charge in [-0.2, -0.15) is 5.26 Å². The summed E-state index contributed by atoms with van der Waals surface area (Å²) < 4.78 is 0. The molecule has 1 rings (SSSR count). The van der Waals surface area contributed by atoms with E-state index in [2.05, 4.69) is 18.3 Å². The third-order valence-corrected chi connectivity index (χ3v) is 4.11. The largest absolute Gasteiger partial charge is 0.342 e. The lowest BCUT2D eigenvalue weighted by Gasteiger charge is -2.40. The summed E-state index contributed by atoms with van der Waals surface area (Å²) in [5, 5.41) is 12.1. The van der Waals surface area contributed by atoms with Gasteiger partial charge in [0.15, 0.2) is 0 Å². The van der Waals surface area contributed by atoms with Crippen LogP contribution in [0.15, 0.2) is 0 Å². The van der Waals surface area contributed by atoms with Crippen molar-refractivity contribution in [3.63, 3.8) is 0 Å². The van der Waals surface area contributed by atoms with Crippen molar-refractivity contribution in [2.45, 2.75) is 52.0 Å². The minimum Gasteiger partial charge on any atom is -0.342 e. The molecule has 0 aromatic carbocycles. The highest BCUT2D eigenvalue weighted by Crippen LogP contribution is 2.36. The van der Waals surface area contributed by atoms with Crippen LogP contribution in [0.2, 0.25) is 0 Å². The van der Waals surface area contributed by atoms with Crippen LogP contribution < -0.4 is 5.32 Å². The van der Waals surface area contributed by atoms with Crippen molar-refractivity contribution in [3.05, 3.63) is 0 Å². The summed E-state index contributed by atoms with van der Waals surface area (Å²) in [6.45, 7) is 5.93. The van der Waals surface area contributed by atoms with Gasteiger partial charge in [0.2, 0.25) is 5.91 Å². The van der Waals surface area contributed by atoms with Crippen LogP contribution in [0.25, 0.3) is 0 Å². The first-order valence-corrected chi connectivity index (χ1v) is 6.92. The third-order valence-electron chi connectivity index (χ3n) is 4.11. The van der Waals surface area contributed by atoms with Crippen LogP contribution in [0.5, 0.6) is 0 Å². The summed E-state index contributed by atoms with van der Waals surface area (Å²) in [6.07, 6.45) is 4.23. The van der Waals surface area contributed by atoms with E-state index in [1.165, 1.54) is 0 Å². The number of carbonyl (C=O) groups excluding carboxylic acids is 1. The topological polar surface area (TPSA) is 56.1 Å². The molecule has 1 N–H and O–H groups in total. The van der Waals surface area contributed by atoms with Crippen LogP contribution in [-0.4, -0.2) is 37.0 Å². The molecular weight excluding hydrogens is 226 g/mol.